The Morgan fingerprint density at radius 2 is 1.52 bits per heavy atom. The average molecular weight is 414 g/mol. The van der Waals surface area contributed by atoms with Gasteiger partial charge < -0.3 is 16.0 Å². The summed E-state index contributed by atoms with van der Waals surface area (Å²) in [5.41, 5.74) is 2.47. The summed E-state index contributed by atoms with van der Waals surface area (Å²) < 4.78 is 0. The van der Waals surface area contributed by atoms with Gasteiger partial charge in [0.25, 0.3) is 0 Å². The highest BCUT2D eigenvalue weighted by atomic mass is 35.5. The fourth-order valence-corrected chi connectivity index (χ4v) is 4.05. The molecule has 2 amide bonds. The van der Waals surface area contributed by atoms with Gasteiger partial charge in [0.2, 0.25) is 11.8 Å². The molecule has 1 saturated carbocycles. The fourth-order valence-electron chi connectivity index (χ4n) is 4.05. The molecule has 2 aromatic carbocycles. The Morgan fingerprint density at radius 3 is 2.21 bits per heavy atom. The third-order valence-electron chi connectivity index (χ3n) is 5.79. The first kappa shape index (κ1) is 21.3. The number of hydrogen-bond donors (Lipinski definition) is 3. The lowest BCUT2D eigenvalue weighted by molar-refractivity contribution is -0.133. The van der Waals surface area contributed by atoms with Crippen molar-refractivity contribution in [3.63, 3.8) is 0 Å². The number of halogens is 1. The van der Waals surface area contributed by atoms with Crippen LogP contribution >= 0.6 is 12.4 Å². The SMILES string of the molecule is Cl.O=C(NCCc1ccccc1)[C@@H]1CNC[C@H]1C(=O)N[C@H]1C[C@@H]1c1ccccc1. The molecular weight excluding hydrogens is 386 g/mol. The average Bonchev–Trinajstić information content (AvgIpc) is 3.31. The molecule has 3 N–H and O–H groups in total. The lowest BCUT2D eigenvalue weighted by Gasteiger charge is -2.18. The lowest BCUT2D eigenvalue weighted by Crippen LogP contribution is -2.42. The molecule has 0 spiro atoms. The van der Waals surface area contributed by atoms with Crippen molar-refractivity contribution in [2.24, 2.45) is 11.8 Å². The third-order valence-corrected chi connectivity index (χ3v) is 5.79. The molecule has 0 radical (unpaired) electrons. The molecule has 0 bridgehead atoms. The van der Waals surface area contributed by atoms with Gasteiger partial charge in [-0.3, -0.25) is 9.59 Å². The predicted molar refractivity (Wildman–Crippen MR) is 116 cm³/mol. The zero-order chi connectivity index (χ0) is 19.3. The summed E-state index contributed by atoms with van der Waals surface area (Å²) in [6.07, 6.45) is 1.77. The van der Waals surface area contributed by atoms with Crippen LogP contribution in [0.4, 0.5) is 0 Å². The monoisotopic (exact) mass is 413 g/mol. The van der Waals surface area contributed by atoms with Crippen molar-refractivity contribution >= 4 is 24.2 Å². The minimum Gasteiger partial charge on any atom is -0.355 e. The standard InChI is InChI=1S/C23H27N3O2.ClH/c27-22(25-12-11-16-7-3-1-4-8-16)19-14-24-15-20(19)23(28)26-21-13-18(21)17-9-5-2-6-10-17;/h1-10,18-21,24H,11-15H2,(H,25,27)(H,26,28);1H/t18-,19-,20-,21+;/m1./s1. The maximum Gasteiger partial charge on any atom is 0.225 e. The Kier molecular flexibility index (Phi) is 7.29. The summed E-state index contributed by atoms with van der Waals surface area (Å²) in [6.45, 7) is 1.71. The van der Waals surface area contributed by atoms with Gasteiger partial charge >= 0.3 is 0 Å². The van der Waals surface area contributed by atoms with E-state index in [-0.39, 0.29) is 42.1 Å². The van der Waals surface area contributed by atoms with Crippen LogP contribution in [0.2, 0.25) is 0 Å². The third kappa shape index (κ3) is 5.37. The Bertz CT molecular complexity index is 815. The van der Waals surface area contributed by atoms with E-state index in [0.717, 1.165) is 12.8 Å². The molecule has 1 aliphatic carbocycles. The molecule has 0 unspecified atom stereocenters. The van der Waals surface area contributed by atoms with Crippen LogP contribution in [0, 0.1) is 11.8 Å². The molecule has 1 heterocycles. The minimum absolute atomic E-state index is 0. The van der Waals surface area contributed by atoms with Gasteiger partial charge in [-0.25, -0.2) is 0 Å². The molecule has 2 fully saturated rings. The van der Waals surface area contributed by atoms with Crippen LogP contribution < -0.4 is 16.0 Å². The molecule has 2 aromatic rings. The first-order valence-corrected chi connectivity index (χ1v) is 10.1. The van der Waals surface area contributed by atoms with E-state index in [0.29, 0.717) is 25.6 Å². The van der Waals surface area contributed by atoms with E-state index in [1.54, 1.807) is 0 Å². The Labute approximate surface area is 178 Å². The molecule has 2 aliphatic rings. The topological polar surface area (TPSA) is 70.2 Å². The van der Waals surface area contributed by atoms with Crippen molar-refractivity contribution in [1.29, 1.82) is 0 Å². The summed E-state index contributed by atoms with van der Waals surface area (Å²) >= 11 is 0. The van der Waals surface area contributed by atoms with E-state index < -0.39 is 0 Å². The van der Waals surface area contributed by atoms with Gasteiger partial charge in [-0.1, -0.05) is 60.7 Å². The zero-order valence-corrected chi connectivity index (χ0v) is 17.2. The summed E-state index contributed by atoms with van der Waals surface area (Å²) in [6, 6.07) is 20.6. The molecule has 5 nitrogen and oxygen atoms in total. The second-order valence-corrected chi connectivity index (χ2v) is 7.77. The summed E-state index contributed by atoms with van der Waals surface area (Å²) in [5.74, 6) is -0.232. The Hall–Kier alpha value is -2.37. The normalized spacial score (nSPS) is 25.0. The largest absolute Gasteiger partial charge is 0.355 e. The van der Waals surface area contributed by atoms with Crippen LogP contribution in [0.1, 0.15) is 23.5 Å². The van der Waals surface area contributed by atoms with Crippen molar-refractivity contribution in [1.82, 2.24) is 16.0 Å². The number of rotatable bonds is 7. The molecule has 0 aromatic heterocycles. The minimum atomic E-state index is -0.301. The summed E-state index contributed by atoms with van der Waals surface area (Å²) in [7, 11) is 0. The highest BCUT2D eigenvalue weighted by Gasteiger charge is 2.43. The van der Waals surface area contributed by atoms with E-state index in [2.05, 4.69) is 40.2 Å². The van der Waals surface area contributed by atoms with Crippen LogP contribution in [0.25, 0.3) is 0 Å². The maximum absolute atomic E-state index is 12.8. The Balaban J connectivity index is 0.00000240. The van der Waals surface area contributed by atoms with Gasteiger partial charge in [-0.2, -0.15) is 0 Å². The van der Waals surface area contributed by atoms with Crippen molar-refractivity contribution in [3.05, 3.63) is 71.8 Å². The highest BCUT2D eigenvalue weighted by Crippen LogP contribution is 2.40. The van der Waals surface area contributed by atoms with Crippen LogP contribution in [0.5, 0.6) is 0 Å². The second kappa shape index (κ2) is 9.90. The van der Waals surface area contributed by atoms with Crippen molar-refractivity contribution in [2.75, 3.05) is 19.6 Å². The van der Waals surface area contributed by atoms with Gasteiger partial charge in [0.05, 0.1) is 11.8 Å². The van der Waals surface area contributed by atoms with Gasteiger partial charge in [-0.15, -0.1) is 12.4 Å². The number of hydrogen-bond acceptors (Lipinski definition) is 3. The molecule has 4 rings (SSSR count). The lowest BCUT2D eigenvalue weighted by atomic mass is 9.94. The van der Waals surface area contributed by atoms with Crippen LogP contribution in [0.15, 0.2) is 60.7 Å². The van der Waals surface area contributed by atoms with Gasteiger partial charge in [0.15, 0.2) is 0 Å². The smallest absolute Gasteiger partial charge is 0.225 e. The van der Waals surface area contributed by atoms with Crippen LogP contribution in [-0.4, -0.2) is 37.5 Å². The number of benzene rings is 2. The number of carbonyl (C=O) groups excluding carboxylic acids is 2. The Morgan fingerprint density at radius 1 is 0.897 bits per heavy atom. The predicted octanol–water partition coefficient (Wildman–Crippen LogP) is 2.27. The van der Waals surface area contributed by atoms with Crippen molar-refractivity contribution in [2.45, 2.75) is 24.8 Å². The number of amides is 2. The maximum atomic E-state index is 12.8. The van der Waals surface area contributed by atoms with Gasteiger partial charge in [0.1, 0.15) is 0 Å². The fraction of sp³-hybridized carbons (Fsp3) is 0.391. The van der Waals surface area contributed by atoms with Crippen molar-refractivity contribution in [3.8, 4) is 0 Å². The van der Waals surface area contributed by atoms with Crippen molar-refractivity contribution < 1.29 is 9.59 Å². The van der Waals surface area contributed by atoms with E-state index in [9.17, 15) is 9.59 Å². The van der Waals surface area contributed by atoms with E-state index in [4.69, 9.17) is 0 Å². The van der Waals surface area contributed by atoms with Gasteiger partial charge in [-0.05, 0) is 24.0 Å². The molecular formula is C23H28ClN3O2. The quantitative estimate of drug-likeness (QED) is 0.652. The summed E-state index contributed by atoms with van der Waals surface area (Å²) in [4.78, 5) is 25.4. The van der Waals surface area contributed by atoms with E-state index >= 15 is 0 Å². The van der Waals surface area contributed by atoms with Crippen LogP contribution in [-0.2, 0) is 16.0 Å². The van der Waals surface area contributed by atoms with Crippen LogP contribution in [0.3, 0.4) is 0 Å². The van der Waals surface area contributed by atoms with Gasteiger partial charge in [0, 0.05) is 31.6 Å². The first-order chi connectivity index (χ1) is 13.7. The second-order valence-electron chi connectivity index (χ2n) is 7.77. The number of carbonyl (C=O) groups is 2. The molecule has 4 atom stereocenters. The van der Waals surface area contributed by atoms with E-state index in [1.165, 1.54) is 11.1 Å². The zero-order valence-electron chi connectivity index (χ0n) is 16.3. The molecule has 1 aliphatic heterocycles. The number of nitrogens with one attached hydrogen (secondary N) is 3. The van der Waals surface area contributed by atoms with E-state index in [1.807, 2.05) is 36.4 Å². The summed E-state index contributed by atoms with van der Waals surface area (Å²) in [5, 5.41) is 9.36. The molecule has 6 heteroatoms. The first-order valence-electron chi connectivity index (χ1n) is 10.1. The molecule has 1 saturated heterocycles. The molecule has 154 valence electrons. The highest BCUT2D eigenvalue weighted by molar-refractivity contribution is 5.89. The molecule has 29 heavy (non-hydrogen) atoms.